The molecule has 1 saturated heterocycles. The molecule has 0 atom stereocenters. The molecule has 2 aromatic carbocycles. The summed E-state index contributed by atoms with van der Waals surface area (Å²) in [7, 11) is -3.79. The molecule has 1 N–H and O–H groups in total. The van der Waals surface area contributed by atoms with Crippen molar-refractivity contribution >= 4 is 33.2 Å². The maximum atomic E-state index is 12.5. The van der Waals surface area contributed by atoms with Crippen LogP contribution in [0.15, 0.2) is 53.4 Å². The number of hydrogen-bond acceptors (Lipinski definition) is 5. The molecule has 0 saturated carbocycles. The lowest BCUT2D eigenvalue weighted by Gasteiger charge is -2.32. The average Bonchev–Trinajstić information content (AvgIpc) is 2.68. The van der Waals surface area contributed by atoms with Crippen LogP contribution in [0.2, 0.25) is 5.02 Å². The predicted molar refractivity (Wildman–Crippen MR) is 104 cm³/mol. The van der Waals surface area contributed by atoms with Gasteiger partial charge in [-0.1, -0.05) is 17.7 Å². The molecule has 0 bridgehead atoms. The number of carbonyl (C=O) groups excluding carboxylic acids is 1. The molecule has 1 aliphatic heterocycles. The molecule has 0 aromatic heterocycles. The molecule has 28 heavy (non-hydrogen) atoms. The number of amides is 1. The second-order valence-corrected chi connectivity index (χ2v) is 8.60. The minimum atomic E-state index is -3.79. The summed E-state index contributed by atoms with van der Waals surface area (Å²) in [5.41, 5.74) is 0.323. The van der Waals surface area contributed by atoms with Crippen LogP contribution >= 0.6 is 11.6 Å². The third-order valence-electron chi connectivity index (χ3n) is 4.53. The summed E-state index contributed by atoms with van der Waals surface area (Å²) in [6, 6.07) is 11.1. The Balaban J connectivity index is 1.60. The van der Waals surface area contributed by atoms with Gasteiger partial charge in [-0.15, -0.1) is 0 Å². The van der Waals surface area contributed by atoms with E-state index in [2.05, 4.69) is 4.72 Å². The standard InChI is InChI=1S/C18H18ClN3O5S/c19-14-3-1-2-13(12-14)18(23)21-10-8-15(9-11-21)20-28(26,27)17-6-4-16(5-7-17)22(24)25/h1-7,12,15,20H,8-11H2. The van der Waals surface area contributed by atoms with Gasteiger partial charge in [0.05, 0.1) is 9.82 Å². The van der Waals surface area contributed by atoms with Crippen molar-refractivity contribution in [2.24, 2.45) is 0 Å². The van der Waals surface area contributed by atoms with Crippen molar-refractivity contribution in [3.63, 3.8) is 0 Å². The maximum absolute atomic E-state index is 12.5. The summed E-state index contributed by atoms with van der Waals surface area (Å²) in [5.74, 6) is -0.140. The highest BCUT2D eigenvalue weighted by Gasteiger charge is 2.27. The molecule has 0 spiro atoms. The highest BCUT2D eigenvalue weighted by Crippen LogP contribution is 2.20. The van der Waals surface area contributed by atoms with Crippen LogP contribution in [0.5, 0.6) is 0 Å². The van der Waals surface area contributed by atoms with Gasteiger partial charge in [0, 0.05) is 41.9 Å². The molecule has 148 valence electrons. The first-order valence-corrected chi connectivity index (χ1v) is 10.4. The van der Waals surface area contributed by atoms with Crippen LogP contribution in [0.3, 0.4) is 0 Å². The minimum absolute atomic E-state index is 0.0319. The number of halogens is 1. The van der Waals surface area contributed by atoms with Gasteiger partial charge in [-0.25, -0.2) is 13.1 Å². The number of likely N-dealkylation sites (tertiary alicyclic amines) is 1. The van der Waals surface area contributed by atoms with Crippen molar-refractivity contribution in [1.29, 1.82) is 0 Å². The normalized spacial score (nSPS) is 15.4. The Morgan fingerprint density at radius 2 is 1.79 bits per heavy atom. The molecule has 8 nitrogen and oxygen atoms in total. The van der Waals surface area contributed by atoms with E-state index in [1.165, 1.54) is 12.1 Å². The number of nitrogens with zero attached hydrogens (tertiary/aromatic N) is 2. The van der Waals surface area contributed by atoms with Crippen LogP contribution in [0, 0.1) is 10.1 Å². The summed E-state index contributed by atoms with van der Waals surface area (Å²) in [4.78, 5) is 24.3. The fraction of sp³-hybridized carbons (Fsp3) is 0.278. The predicted octanol–water partition coefficient (Wildman–Crippen LogP) is 2.83. The Labute approximate surface area is 167 Å². The van der Waals surface area contributed by atoms with E-state index in [9.17, 15) is 23.3 Å². The fourth-order valence-electron chi connectivity index (χ4n) is 3.04. The fourth-order valence-corrected chi connectivity index (χ4v) is 4.53. The molecule has 1 aliphatic rings. The van der Waals surface area contributed by atoms with Gasteiger partial charge in [0.1, 0.15) is 0 Å². The first-order chi connectivity index (χ1) is 13.3. The Kier molecular flexibility index (Phi) is 5.97. The lowest BCUT2D eigenvalue weighted by Crippen LogP contribution is -2.46. The molecular weight excluding hydrogens is 406 g/mol. The van der Waals surface area contributed by atoms with E-state index in [0.717, 1.165) is 12.1 Å². The third-order valence-corrected chi connectivity index (χ3v) is 6.30. The number of benzene rings is 2. The van der Waals surface area contributed by atoms with Crippen LogP contribution in [-0.4, -0.2) is 43.3 Å². The molecule has 3 rings (SSSR count). The summed E-state index contributed by atoms with van der Waals surface area (Å²) >= 11 is 5.92. The molecule has 10 heteroatoms. The van der Waals surface area contributed by atoms with Gasteiger partial charge in [-0.3, -0.25) is 14.9 Å². The number of nitro groups is 1. The lowest BCUT2D eigenvalue weighted by molar-refractivity contribution is -0.384. The van der Waals surface area contributed by atoms with Crippen molar-refractivity contribution in [3.8, 4) is 0 Å². The molecule has 2 aromatic rings. The van der Waals surface area contributed by atoms with E-state index in [-0.39, 0.29) is 22.5 Å². The minimum Gasteiger partial charge on any atom is -0.339 e. The van der Waals surface area contributed by atoms with E-state index in [0.29, 0.717) is 36.5 Å². The van der Waals surface area contributed by atoms with E-state index >= 15 is 0 Å². The Bertz CT molecular complexity index is 987. The highest BCUT2D eigenvalue weighted by atomic mass is 35.5. The van der Waals surface area contributed by atoms with Crippen molar-refractivity contribution in [1.82, 2.24) is 9.62 Å². The summed E-state index contributed by atoms with van der Waals surface area (Å²) < 4.78 is 27.6. The topological polar surface area (TPSA) is 110 Å². The molecule has 1 fully saturated rings. The first-order valence-electron chi connectivity index (χ1n) is 8.58. The zero-order chi connectivity index (χ0) is 20.3. The number of carbonyl (C=O) groups is 1. The zero-order valence-electron chi connectivity index (χ0n) is 14.7. The number of piperidine rings is 1. The monoisotopic (exact) mass is 423 g/mol. The summed E-state index contributed by atoms with van der Waals surface area (Å²) in [6.07, 6.45) is 0.942. The Morgan fingerprint density at radius 3 is 2.36 bits per heavy atom. The molecule has 0 unspecified atom stereocenters. The van der Waals surface area contributed by atoms with Crippen molar-refractivity contribution in [2.75, 3.05) is 13.1 Å². The van der Waals surface area contributed by atoms with Crippen LogP contribution < -0.4 is 4.72 Å². The number of nitrogens with one attached hydrogen (secondary N) is 1. The second kappa shape index (κ2) is 8.26. The van der Waals surface area contributed by atoms with Crippen molar-refractivity contribution in [3.05, 3.63) is 69.2 Å². The van der Waals surface area contributed by atoms with E-state index in [1.807, 2.05) is 0 Å². The third kappa shape index (κ3) is 4.67. The van der Waals surface area contributed by atoms with Crippen LogP contribution in [-0.2, 0) is 10.0 Å². The number of nitro benzene ring substituents is 1. The Morgan fingerprint density at radius 1 is 1.14 bits per heavy atom. The van der Waals surface area contributed by atoms with Crippen molar-refractivity contribution < 1.29 is 18.1 Å². The number of rotatable bonds is 5. The molecular formula is C18H18ClN3O5S. The zero-order valence-corrected chi connectivity index (χ0v) is 16.3. The number of sulfonamides is 1. The van der Waals surface area contributed by atoms with E-state index in [4.69, 9.17) is 11.6 Å². The van der Waals surface area contributed by atoms with Crippen LogP contribution in [0.4, 0.5) is 5.69 Å². The molecule has 0 radical (unpaired) electrons. The van der Waals surface area contributed by atoms with Crippen molar-refractivity contribution in [2.45, 2.75) is 23.8 Å². The van der Waals surface area contributed by atoms with Crippen LogP contribution in [0.1, 0.15) is 23.2 Å². The van der Waals surface area contributed by atoms with Gasteiger partial charge in [-0.2, -0.15) is 0 Å². The second-order valence-electron chi connectivity index (χ2n) is 6.45. The van der Waals surface area contributed by atoms with E-state index < -0.39 is 14.9 Å². The van der Waals surface area contributed by atoms with Gasteiger partial charge < -0.3 is 4.90 Å². The van der Waals surface area contributed by atoms with Gasteiger partial charge in [0.15, 0.2) is 0 Å². The average molecular weight is 424 g/mol. The summed E-state index contributed by atoms with van der Waals surface area (Å²) in [6.45, 7) is 0.831. The summed E-state index contributed by atoms with van der Waals surface area (Å²) in [5, 5.41) is 11.2. The lowest BCUT2D eigenvalue weighted by atomic mass is 10.0. The quantitative estimate of drug-likeness (QED) is 0.587. The highest BCUT2D eigenvalue weighted by molar-refractivity contribution is 7.89. The number of non-ortho nitro benzene ring substituents is 1. The van der Waals surface area contributed by atoms with Crippen LogP contribution in [0.25, 0.3) is 0 Å². The largest absolute Gasteiger partial charge is 0.339 e. The maximum Gasteiger partial charge on any atom is 0.269 e. The molecule has 0 aliphatic carbocycles. The van der Waals surface area contributed by atoms with Gasteiger partial charge in [0.2, 0.25) is 10.0 Å². The molecule has 1 heterocycles. The Hall–Kier alpha value is -2.49. The number of hydrogen-bond donors (Lipinski definition) is 1. The first kappa shape index (κ1) is 20.2. The van der Waals surface area contributed by atoms with E-state index in [1.54, 1.807) is 29.2 Å². The van der Waals surface area contributed by atoms with Gasteiger partial charge in [0.25, 0.3) is 11.6 Å². The molecule has 1 amide bonds. The smallest absolute Gasteiger partial charge is 0.269 e. The SMILES string of the molecule is O=C(c1cccc(Cl)c1)N1CCC(NS(=O)(=O)c2ccc([N+](=O)[O-])cc2)CC1. The van der Waals surface area contributed by atoms with Gasteiger partial charge >= 0.3 is 0 Å². The van der Waals surface area contributed by atoms with Gasteiger partial charge in [-0.05, 0) is 43.2 Å².